The van der Waals surface area contributed by atoms with E-state index in [-0.39, 0.29) is 29.6 Å². The molecule has 180 valence electrons. The standard InChI is InChI=1S/C25H29N3O5S/c1-16-6-8-21-20(14-16)18-4-3-5-19(24(18)27-21)25(29)26-17-7-9-22(32-2)23(15-17)34(30,31)28-10-12-33-13-11-28/h3-5,7,9,15-16,27H,6,8,10-14H2,1-2H3,(H,26,29). The van der Waals surface area contributed by atoms with Crippen molar-refractivity contribution in [1.82, 2.24) is 9.29 Å². The minimum atomic E-state index is -3.80. The van der Waals surface area contributed by atoms with E-state index in [0.29, 0.717) is 30.4 Å². The molecule has 0 radical (unpaired) electrons. The molecule has 1 amide bonds. The fraction of sp³-hybridized carbons (Fsp3) is 0.400. The van der Waals surface area contributed by atoms with Crippen LogP contribution in [0.25, 0.3) is 10.9 Å². The van der Waals surface area contributed by atoms with Gasteiger partial charge in [0.1, 0.15) is 10.6 Å². The van der Waals surface area contributed by atoms with Gasteiger partial charge in [-0.3, -0.25) is 4.79 Å². The molecule has 0 spiro atoms. The maximum atomic E-state index is 13.3. The van der Waals surface area contributed by atoms with Crippen LogP contribution in [-0.2, 0) is 27.6 Å². The maximum absolute atomic E-state index is 13.3. The van der Waals surface area contributed by atoms with Crippen LogP contribution >= 0.6 is 0 Å². The Labute approximate surface area is 199 Å². The van der Waals surface area contributed by atoms with Gasteiger partial charge in [-0.05, 0) is 55.0 Å². The van der Waals surface area contributed by atoms with Gasteiger partial charge in [-0.15, -0.1) is 0 Å². The Morgan fingerprint density at radius 2 is 2.00 bits per heavy atom. The molecule has 1 aliphatic heterocycles. The highest BCUT2D eigenvalue weighted by Crippen LogP contribution is 2.34. The lowest BCUT2D eigenvalue weighted by atomic mass is 9.87. The number of aryl methyl sites for hydroxylation is 1. The summed E-state index contributed by atoms with van der Waals surface area (Å²) in [5.74, 6) is 0.560. The second-order valence-corrected chi connectivity index (χ2v) is 10.9. The van der Waals surface area contributed by atoms with Crippen LogP contribution in [0, 0.1) is 5.92 Å². The van der Waals surface area contributed by atoms with Gasteiger partial charge in [-0.2, -0.15) is 4.31 Å². The first-order chi connectivity index (χ1) is 16.4. The van der Waals surface area contributed by atoms with Crippen LogP contribution in [0.2, 0.25) is 0 Å². The number of rotatable bonds is 5. The Morgan fingerprint density at radius 1 is 1.21 bits per heavy atom. The summed E-state index contributed by atoms with van der Waals surface area (Å²) in [4.78, 5) is 16.8. The predicted molar refractivity (Wildman–Crippen MR) is 130 cm³/mol. The van der Waals surface area contributed by atoms with Crippen molar-refractivity contribution in [1.29, 1.82) is 0 Å². The van der Waals surface area contributed by atoms with E-state index in [1.807, 2.05) is 6.07 Å². The second-order valence-electron chi connectivity index (χ2n) is 8.99. The number of hydrogen-bond acceptors (Lipinski definition) is 5. The molecule has 2 aliphatic rings. The summed E-state index contributed by atoms with van der Waals surface area (Å²) in [6.45, 7) is 3.51. The topological polar surface area (TPSA) is 101 Å². The number of amides is 1. The molecule has 2 N–H and O–H groups in total. The third-order valence-electron chi connectivity index (χ3n) is 6.72. The van der Waals surface area contributed by atoms with Crippen molar-refractivity contribution in [2.75, 3.05) is 38.7 Å². The fourth-order valence-corrected chi connectivity index (χ4v) is 6.47. The molecule has 5 rings (SSSR count). The molecular weight excluding hydrogens is 454 g/mol. The second kappa shape index (κ2) is 9.05. The number of sulfonamides is 1. The van der Waals surface area contributed by atoms with Crippen LogP contribution < -0.4 is 10.1 Å². The summed E-state index contributed by atoms with van der Waals surface area (Å²) >= 11 is 0. The number of methoxy groups -OCH3 is 1. The average Bonchev–Trinajstić information content (AvgIpc) is 3.22. The first kappa shape index (κ1) is 22.9. The van der Waals surface area contributed by atoms with E-state index < -0.39 is 10.0 Å². The molecule has 8 nitrogen and oxygen atoms in total. The number of carbonyl (C=O) groups excluding carboxylic acids is 1. The fourth-order valence-electron chi connectivity index (χ4n) is 4.88. The van der Waals surface area contributed by atoms with Crippen LogP contribution in [0.5, 0.6) is 5.75 Å². The lowest BCUT2D eigenvalue weighted by molar-refractivity contribution is 0.0729. The summed E-state index contributed by atoms with van der Waals surface area (Å²) in [6, 6.07) is 10.4. The molecule has 2 heterocycles. The van der Waals surface area contributed by atoms with Crippen LogP contribution in [-0.4, -0.2) is 57.0 Å². The van der Waals surface area contributed by atoms with Crippen LogP contribution in [0.1, 0.15) is 35.0 Å². The third-order valence-corrected chi connectivity index (χ3v) is 8.64. The highest BCUT2D eigenvalue weighted by atomic mass is 32.2. The van der Waals surface area contributed by atoms with E-state index in [0.717, 1.165) is 30.2 Å². The van der Waals surface area contributed by atoms with Gasteiger partial charge in [0, 0.05) is 29.9 Å². The lowest BCUT2D eigenvalue weighted by Crippen LogP contribution is -2.40. The third kappa shape index (κ3) is 4.08. The summed E-state index contributed by atoms with van der Waals surface area (Å²) in [6.07, 6.45) is 3.11. The van der Waals surface area contributed by atoms with Gasteiger partial charge in [0.25, 0.3) is 5.91 Å². The van der Waals surface area contributed by atoms with E-state index in [1.54, 1.807) is 18.2 Å². The normalized spacial score (nSPS) is 19.1. The molecule has 1 aromatic heterocycles. The smallest absolute Gasteiger partial charge is 0.257 e. The summed E-state index contributed by atoms with van der Waals surface area (Å²) in [5.41, 5.74) is 4.25. The molecule has 1 saturated heterocycles. The summed E-state index contributed by atoms with van der Waals surface area (Å²) in [5, 5.41) is 3.97. The number of carbonyl (C=O) groups is 1. The van der Waals surface area contributed by atoms with Gasteiger partial charge in [-0.1, -0.05) is 19.1 Å². The summed E-state index contributed by atoms with van der Waals surface area (Å²) in [7, 11) is -2.37. The van der Waals surface area contributed by atoms with E-state index in [9.17, 15) is 13.2 Å². The molecule has 3 aromatic rings. The van der Waals surface area contributed by atoms with Crippen molar-refractivity contribution in [3.05, 3.63) is 53.2 Å². The van der Waals surface area contributed by atoms with E-state index in [1.165, 1.54) is 28.7 Å². The number of anilines is 1. The van der Waals surface area contributed by atoms with Crippen molar-refractivity contribution in [2.24, 2.45) is 5.92 Å². The van der Waals surface area contributed by atoms with E-state index >= 15 is 0 Å². The lowest BCUT2D eigenvalue weighted by Gasteiger charge is -2.26. The zero-order chi connectivity index (χ0) is 23.9. The van der Waals surface area contributed by atoms with Crippen molar-refractivity contribution in [2.45, 2.75) is 31.1 Å². The largest absolute Gasteiger partial charge is 0.495 e. The molecule has 2 aromatic carbocycles. The molecular formula is C25H29N3O5S. The van der Waals surface area contributed by atoms with Gasteiger partial charge in [0.15, 0.2) is 0 Å². The number of fused-ring (bicyclic) bond motifs is 3. The van der Waals surface area contributed by atoms with Gasteiger partial charge < -0.3 is 19.8 Å². The van der Waals surface area contributed by atoms with Crippen molar-refractivity contribution in [3.8, 4) is 5.75 Å². The Hall–Kier alpha value is -2.88. The number of para-hydroxylation sites is 1. The van der Waals surface area contributed by atoms with Gasteiger partial charge in [0.05, 0.1) is 31.4 Å². The molecule has 9 heteroatoms. The Morgan fingerprint density at radius 3 is 2.76 bits per heavy atom. The minimum absolute atomic E-state index is 0.0252. The molecule has 1 atom stereocenters. The Balaban J connectivity index is 1.47. The molecule has 1 fully saturated rings. The number of hydrogen-bond donors (Lipinski definition) is 2. The van der Waals surface area contributed by atoms with Crippen molar-refractivity contribution in [3.63, 3.8) is 0 Å². The zero-order valence-electron chi connectivity index (χ0n) is 19.4. The molecule has 0 saturated carbocycles. The number of aromatic amines is 1. The quantitative estimate of drug-likeness (QED) is 0.578. The van der Waals surface area contributed by atoms with Crippen molar-refractivity contribution < 1.29 is 22.7 Å². The van der Waals surface area contributed by atoms with Gasteiger partial charge in [0.2, 0.25) is 10.0 Å². The monoisotopic (exact) mass is 483 g/mol. The van der Waals surface area contributed by atoms with E-state index in [4.69, 9.17) is 9.47 Å². The zero-order valence-corrected chi connectivity index (χ0v) is 20.2. The Kier molecular flexibility index (Phi) is 6.09. The maximum Gasteiger partial charge on any atom is 0.257 e. The first-order valence-electron chi connectivity index (χ1n) is 11.6. The average molecular weight is 484 g/mol. The number of benzene rings is 2. The molecule has 0 bridgehead atoms. The SMILES string of the molecule is COc1ccc(NC(=O)c2cccc3c4c([nH]c23)CCC(C)C4)cc1S(=O)(=O)N1CCOCC1. The number of ether oxygens (including phenoxy) is 2. The van der Waals surface area contributed by atoms with E-state index in [2.05, 4.69) is 23.3 Å². The molecule has 1 aliphatic carbocycles. The highest BCUT2D eigenvalue weighted by Gasteiger charge is 2.30. The van der Waals surface area contributed by atoms with Gasteiger partial charge >= 0.3 is 0 Å². The number of nitrogens with one attached hydrogen (secondary N) is 2. The Bertz CT molecular complexity index is 1340. The minimum Gasteiger partial charge on any atom is -0.495 e. The number of nitrogens with zero attached hydrogens (tertiary/aromatic N) is 1. The van der Waals surface area contributed by atoms with Crippen LogP contribution in [0.15, 0.2) is 41.3 Å². The highest BCUT2D eigenvalue weighted by molar-refractivity contribution is 7.89. The van der Waals surface area contributed by atoms with Crippen LogP contribution in [0.3, 0.4) is 0 Å². The number of aromatic nitrogens is 1. The number of H-pyrrole nitrogens is 1. The van der Waals surface area contributed by atoms with Crippen molar-refractivity contribution >= 4 is 32.5 Å². The number of morpholine rings is 1. The van der Waals surface area contributed by atoms with Crippen LogP contribution in [0.4, 0.5) is 5.69 Å². The molecule has 34 heavy (non-hydrogen) atoms. The summed E-state index contributed by atoms with van der Waals surface area (Å²) < 4.78 is 38.5. The van der Waals surface area contributed by atoms with Gasteiger partial charge in [-0.25, -0.2) is 8.42 Å². The predicted octanol–water partition coefficient (Wildman–Crippen LogP) is 3.57. The first-order valence-corrected chi connectivity index (χ1v) is 13.0. The molecule has 1 unspecified atom stereocenters.